The first-order valence-corrected chi connectivity index (χ1v) is 7.00. The van der Waals surface area contributed by atoms with Crippen molar-refractivity contribution in [1.29, 1.82) is 0 Å². The van der Waals surface area contributed by atoms with E-state index in [0.717, 1.165) is 17.8 Å². The molecule has 0 unspecified atom stereocenters. The first-order chi connectivity index (χ1) is 9.81. The van der Waals surface area contributed by atoms with E-state index in [1.54, 1.807) is 0 Å². The van der Waals surface area contributed by atoms with Gasteiger partial charge in [0.15, 0.2) is 0 Å². The molecule has 0 atom stereocenters. The minimum Gasteiger partial charge on any atom is -0.237 e. The highest BCUT2D eigenvalue weighted by molar-refractivity contribution is 5.69. The van der Waals surface area contributed by atoms with Crippen LogP contribution in [0.25, 0.3) is 16.8 Å². The number of rotatable bonds is 3. The fourth-order valence-corrected chi connectivity index (χ4v) is 2.61. The van der Waals surface area contributed by atoms with Crippen molar-refractivity contribution in [3.05, 3.63) is 72.1 Å². The predicted molar refractivity (Wildman–Crippen MR) is 83.1 cm³/mol. The van der Waals surface area contributed by atoms with Crippen molar-refractivity contribution >= 4 is 0 Å². The van der Waals surface area contributed by atoms with E-state index in [1.165, 1.54) is 16.8 Å². The molecule has 100 valence electrons. The van der Waals surface area contributed by atoms with Gasteiger partial charge in [-0.3, -0.25) is 0 Å². The van der Waals surface area contributed by atoms with Crippen LogP contribution in [0, 0.1) is 6.92 Å². The van der Waals surface area contributed by atoms with Crippen molar-refractivity contribution in [2.75, 3.05) is 0 Å². The third-order valence-corrected chi connectivity index (χ3v) is 3.59. The molecule has 0 aliphatic heterocycles. The van der Waals surface area contributed by atoms with E-state index < -0.39 is 0 Å². The number of hydrogen-bond donors (Lipinski definition) is 0. The number of aromatic nitrogens is 2. The van der Waals surface area contributed by atoms with Crippen LogP contribution in [0.4, 0.5) is 0 Å². The van der Waals surface area contributed by atoms with Crippen LogP contribution >= 0.6 is 0 Å². The number of hydrogen-bond acceptors (Lipinski definition) is 1. The molecule has 2 aromatic carbocycles. The lowest BCUT2D eigenvalue weighted by Gasteiger charge is -2.05. The lowest BCUT2D eigenvalue weighted by molar-refractivity contribution is 0.818. The lowest BCUT2D eigenvalue weighted by Crippen LogP contribution is -1.98. The molecule has 0 bridgehead atoms. The largest absolute Gasteiger partial charge is 0.237 e. The number of aryl methyl sites for hydroxylation is 1. The summed E-state index contributed by atoms with van der Waals surface area (Å²) >= 11 is 0. The Labute approximate surface area is 119 Å². The standard InChI is InChI=1S/C18H18N2/c1-3-17-18(15-10-6-4-7-11-15)14(2)20(19-17)16-12-8-5-9-13-16/h4-13H,3H2,1-2H3. The van der Waals surface area contributed by atoms with E-state index >= 15 is 0 Å². The van der Waals surface area contributed by atoms with Gasteiger partial charge in [0.2, 0.25) is 0 Å². The summed E-state index contributed by atoms with van der Waals surface area (Å²) in [7, 11) is 0. The zero-order valence-corrected chi connectivity index (χ0v) is 11.9. The number of nitrogens with zero attached hydrogens (tertiary/aromatic N) is 2. The van der Waals surface area contributed by atoms with Crippen LogP contribution in [-0.2, 0) is 6.42 Å². The Balaban J connectivity index is 2.19. The van der Waals surface area contributed by atoms with Crippen molar-refractivity contribution in [2.45, 2.75) is 20.3 Å². The molecule has 2 heteroatoms. The van der Waals surface area contributed by atoms with Gasteiger partial charge < -0.3 is 0 Å². The second-order valence-corrected chi connectivity index (χ2v) is 4.87. The Morgan fingerprint density at radius 2 is 1.50 bits per heavy atom. The van der Waals surface area contributed by atoms with Gasteiger partial charge in [-0.15, -0.1) is 0 Å². The molecule has 0 amide bonds. The first kappa shape index (κ1) is 12.7. The fourth-order valence-electron chi connectivity index (χ4n) is 2.61. The van der Waals surface area contributed by atoms with Gasteiger partial charge >= 0.3 is 0 Å². The number of para-hydroxylation sites is 1. The molecule has 0 spiro atoms. The van der Waals surface area contributed by atoms with Crippen molar-refractivity contribution in [3.8, 4) is 16.8 Å². The Morgan fingerprint density at radius 1 is 0.900 bits per heavy atom. The molecule has 20 heavy (non-hydrogen) atoms. The zero-order chi connectivity index (χ0) is 13.9. The monoisotopic (exact) mass is 262 g/mol. The van der Waals surface area contributed by atoms with Crippen molar-refractivity contribution in [1.82, 2.24) is 9.78 Å². The highest BCUT2D eigenvalue weighted by Gasteiger charge is 2.15. The average Bonchev–Trinajstić information content (AvgIpc) is 2.86. The Hall–Kier alpha value is -2.35. The van der Waals surface area contributed by atoms with Crippen molar-refractivity contribution in [2.24, 2.45) is 0 Å². The molecule has 3 aromatic rings. The van der Waals surface area contributed by atoms with Crippen LogP contribution < -0.4 is 0 Å². The van der Waals surface area contributed by atoms with Gasteiger partial charge in [0.25, 0.3) is 0 Å². The van der Waals surface area contributed by atoms with Gasteiger partial charge in [0.05, 0.1) is 11.4 Å². The SMILES string of the molecule is CCc1nn(-c2ccccc2)c(C)c1-c1ccccc1. The van der Waals surface area contributed by atoms with Crippen LogP contribution in [0.1, 0.15) is 18.3 Å². The van der Waals surface area contributed by atoms with Gasteiger partial charge in [0, 0.05) is 11.3 Å². The quantitative estimate of drug-likeness (QED) is 0.683. The normalized spacial score (nSPS) is 10.7. The van der Waals surface area contributed by atoms with Crippen LogP contribution in [0.5, 0.6) is 0 Å². The van der Waals surface area contributed by atoms with Crippen molar-refractivity contribution < 1.29 is 0 Å². The molecule has 0 aliphatic carbocycles. The van der Waals surface area contributed by atoms with Crippen molar-refractivity contribution in [3.63, 3.8) is 0 Å². The molecule has 1 aromatic heterocycles. The summed E-state index contributed by atoms with van der Waals surface area (Å²) in [5, 5.41) is 4.79. The summed E-state index contributed by atoms with van der Waals surface area (Å²) < 4.78 is 2.04. The summed E-state index contributed by atoms with van der Waals surface area (Å²) in [4.78, 5) is 0. The summed E-state index contributed by atoms with van der Waals surface area (Å²) in [5.74, 6) is 0. The Kier molecular flexibility index (Phi) is 3.38. The van der Waals surface area contributed by atoms with E-state index in [0.29, 0.717) is 0 Å². The minimum atomic E-state index is 0.935. The zero-order valence-electron chi connectivity index (χ0n) is 11.9. The van der Waals surface area contributed by atoms with Crippen LogP contribution in [0.15, 0.2) is 60.7 Å². The third kappa shape index (κ3) is 2.14. The Bertz CT molecular complexity index is 697. The molecule has 1 heterocycles. The van der Waals surface area contributed by atoms with E-state index in [1.807, 2.05) is 28.9 Å². The molecular formula is C18H18N2. The molecular weight excluding hydrogens is 244 g/mol. The second-order valence-electron chi connectivity index (χ2n) is 4.87. The molecule has 0 saturated carbocycles. The van der Waals surface area contributed by atoms with E-state index in [-0.39, 0.29) is 0 Å². The molecule has 0 radical (unpaired) electrons. The highest BCUT2D eigenvalue weighted by atomic mass is 15.3. The molecule has 0 N–H and O–H groups in total. The molecule has 3 rings (SSSR count). The van der Waals surface area contributed by atoms with Gasteiger partial charge in [0.1, 0.15) is 0 Å². The first-order valence-electron chi connectivity index (χ1n) is 7.00. The average molecular weight is 262 g/mol. The predicted octanol–water partition coefficient (Wildman–Crippen LogP) is 4.41. The van der Waals surface area contributed by atoms with Crippen LogP contribution in [0.2, 0.25) is 0 Å². The summed E-state index contributed by atoms with van der Waals surface area (Å²) in [6.07, 6.45) is 0.935. The molecule has 0 saturated heterocycles. The van der Waals surface area contributed by atoms with E-state index in [2.05, 4.69) is 50.2 Å². The summed E-state index contributed by atoms with van der Waals surface area (Å²) in [5.41, 5.74) is 5.96. The molecule has 0 fully saturated rings. The van der Waals surface area contributed by atoms with Gasteiger partial charge in [-0.25, -0.2) is 4.68 Å². The van der Waals surface area contributed by atoms with Gasteiger partial charge in [-0.05, 0) is 31.0 Å². The minimum absolute atomic E-state index is 0.935. The smallest absolute Gasteiger partial charge is 0.0707 e. The Morgan fingerprint density at radius 3 is 2.10 bits per heavy atom. The third-order valence-electron chi connectivity index (χ3n) is 3.59. The van der Waals surface area contributed by atoms with Gasteiger partial charge in [-0.1, -0.05) is 55.5 Å². The highest BCUT2D eigenvalue weighted by Crippen LogP contribution is 2.29. The maximum absolute atomic E-state index is 4.79. The topological polar surface area (TPSA) is 17.8 Å². The maximum atomic E-state index is 4.79. The fraction of sp³-hybridized carbons (Fsp3) is 0.167. The van der Waals surface area contributed by atoms with E-state index in [9.17, 15) is 0 Å². The lowest BCUT2D eigenvalue weighted by atomic mass is 10.0. The molecule has 2 nitrogen and oxygen atoms in total. The van der Waals surface area contributed by atoms with Crippen LogP contribution in [-0.4, -0.2) is 9.78 Å². The second kappa shape index (κ2) is 5.33. The summed E-state index contributed by atoms with van der Waals surface area (Å²) in [6, 6.07) is 20.8. The maximum Gasteiger partial charge on any atom is 0.0707 e. The summed E-state index contributed by atoms with van der Waals surface area (Å²) in [6.45, 7) is 4.30. The molecule has 0 aliphatic rings. The van der Waals surface area contributed by atoms with E-state index in [4.69, 9.17) is 5.10 Å². The number of benzene rings is 2. The van der Waals surface area contributed by atoms with Crippen LogP contribution in [0.3, 0.4) is 0 Å². The van der Waals surface area contributed by atoms with Gasteiger partial charge in [-0.2, -0.15) is 5.10 Å².